The van der Waals surface area contributed by atoms with Crippen molar-refractivity contribution in [2.75, 3.05) is 13.2 Å². The van der Waals surface area contributed by atoms with Crippen molar-refractivity contribution in [1.82, 2.24) is 0 Å². The monoisotopic (exact) mass is 250 g/mol. The Hall–Kier alpha value is -1.06. The highest BCUT2D eigenvalue weighted by molar-refractivity contribution is 5.21. The van der Waals surface area contributed by atoms with Crippen molar-refractivity contribution in [2.24, 2.45) is 0 Å². The van der Waals surface area contributed by atoms with Gasteiger partial charge in [-0.2, -0.15) is 0 Å². The first-order valence-corrected chi connectivity index (χ1v) is 6.82. The molecule has 2 atom stereocenters. The van der Waals surface area contributed by atoms with Crippen LogP contribution in [0.5, 0.6) is 5.75 Å². The molecular formula is C15H22O3. The van der Waals surface area contributed by atoms with Crippen molar-refractivity contribution < 1.29 is 14.6 Å². The van der Waals surface area contributed by atoms with E-state index < -0.39 is 0 Å². The van der Waals surface area contributed by atoms with Crippen LogP contribution in [0.2, 0.25) is 0 Å². The van der Waals surface area contributed by atoms with Gasteiger partial charge < -0.3 is 14.6 Å². The highest BCUT2D eigenvalue weighted by Gasteiger charge is 2.14. The highest BCUT2D eigenvalue weighted by Crippen LogP contribution is 2.18. The highest BCUT2D eigenvalue weighted by atomic mass is 16.5. The first-order chi connectivity index (χ1) is 8.84. The van der Waals surface area contributed by atoms with Crippen LogP contribution in [0.4, 0.5) is 0 Å². The molecule has 100 valence electrons. The van der Waals surface area contributed by atoms with Gasteiger partial charge in [0.2, 0.25) is 0 Å². The molecule has 2 rings (SSSR count). The van der Waals surface area contributed by atoms with Gasteiger partial charge in [0.25, 0.3) is 0 Å². The summed E-state index contributed by atoms with van der Waals surface area (Å²) < 4.78 is 11.4. The number of aliphatic hydroxyl groups excluding tert-OH is 1. The molecule has 3 nitrogen and oxygen atoms in total. The fraction of sp³-hybridized carbons (Fsp3) is 0.600. The molecule has 0 radical (unpaired) electrons. The van der Waals surface area contributed by atoms with Crippen LogP contribution in [0.3, 0.4) is 0 Å². The lowest BCUT2D eigenvalue weighted by Crippen LogP contribution is -2.23. The van der Waals surface area contributed by atoms with Crippen LogP contribution in [-0.4, -0.2) is 30.5 Å². The third kappa shape index (κ3) is 4.67. The number of para-hydroxylation sites is 1. The SMILES string of the molecule is OC1CCCCC(Oc2ccccc2)CCOC1. The fourth-order valence-corrected chi connectivity index (χ4v) is 2.22. The van der Waals surface area contributed by atoms with Gasteiger partial charge in [-0.15, -0.1) is 0 Å². The summed E-state index contributed by atoms with van der Waals surface area (Å²) in [5.41, 5.74) is 0. The maximum Gasteiger partial charge on any atom is 0.119 e. The Labute approximate surface area is 109 Å². The lowest BCUT2D eigenvalue weighted by Gasteiger charge is -2.21. The molecule has 3 heteroatoms. The van der Waals surface area contributed by atoms with Crippen molar-refractivity contribution in [3.8, 4) is 5.75 Å². The standard InChI is InChI=1S/C15H22O3/c16-13-6-4-5-9-15(10-11-17-12-13)18-14-7-2-1-3-8-14/h1-3,7-8,13,15-16H,4-6,9-12H2. The topological polar surface area (TPSA) is 38.7 Å². The van der Waals surface area contributed by atoms with E-state index in [0.717, 1.165) is 37.9 Å². The molecule has 0 bridgehead atoms. The molecule has 1 aliphatic rings. The quantitative estimate of drug-likeness (QED) is 0.877. The molecule has 0 aromatic heterocycles. The van der Waals surface area contributed by atoms with Gasteiger partial charge in [0.1, 0.15) is 11.9 Å². The summed E-state index contributed by atoms with van der Waals surface area (Å²) in [4.78, 5) is 0. The average Bonchev–Trinajstić information content (AvgIpc) is 2.40. The number of rotatable bonds is 2. The minimum absolute atomic E-state index is 0.225. The van der Waals surface area contributed by atoms with Gasteiger partial charge in [0.05, 0.1) is 19.3 Å². The largest absolute Gasteiger partial charge is 0.490 e. The summed E-state index contributed by atoms with van der Waals surface area (Å²) in [7, 11) is 0. The predicted octanol–water partition coefficient (Wildman–Crippen LogP) is 2.78. The maximum absolute atomic E-state index is 9.58. The van der Waals surface area contributed by atoms with Crippen LogP contribution >= 0.6 is 0 Å². The number of benzene rings is 1. The molecule has 0 saturated carbocycles. The smallest absolute Gasteiger partial charge is 0.119 e. The van der Waals surface area contributed by atoms with Gasteiger partial charge in [0, 0.05) is 6.42 Å². The Morgan fingerprint density at radius 1 is 1.06 bits per heavy atom. The molecule has 0 spiro atoms. The fourth-order valence-electron chi connectivity index (χ4n) is 2.22. The maximum atomic E-state index is 9.58. The Morgan fingerprint density at radius 2 is 1.83 bits per heavy atom. The van der Waals surface area contributed by atoms with E-state index in [-0.39, 0.29) is 12.2 Å². The zero-order valence-corrected chi connectivity index (χ0v) is 10.8. The summed E-state index contributed by atoms with van der Waals surface area (Å²) in [5.74, 6) is 0.930. The van der Waals surface area contributed by atoms with E-state index >= 15 is 0 Å². The van der Waals surface area contributed by atoms with E-state index in [9.17, 15) is 5.11 Å². The van der Waals surface area contributed by atoms with Crippen LogP contribution in [0.25, 0.3) is 0 Å². The predicted molar refractivity (Wildman–Crippen MR) is 70.8 cm³/mol. The molecule has 1 fully saturated rings. The van der Waals surface area contributed by atoms with Crippen molar-refractivity contribution in [3.63, 3.8) is 0 Å². The number of hydrogen-bond acceptors (Lipinski definition) is 3. The number of aliphatic hydroxyl groups is 1. The van der Waals surface area contributed by atoms with E-state index in [1.807, 2.05) is 30.3 Å². The van der Waals surface area contributed by atoms with Crippen molar-refractivity contribution in [2.45, 2.75) is 44.3 Å². The lowest BCUT2D eigenvalue weighted by atomic mass is 10.1. The average molecular weight is 250 g/mol. The third-order valence-electron chi connectivity index (χ3n) is 3.25. The Morgan fingerprint density at radius 3 is 2.67 bits per heavy atom. The molecule has 1 aromatic carbocycles. The van der Waals surface area contributed by atoms with Gasteiger partial charge in [-0.3, -0.25) is 0 Å². The van der Waals surface area contributed by atoms with E-state index in [0.29, 0.717) is 13.2 Å². The first kappa shape index (κ1) is 13.4. The third-order valence-corrected chi connectivity index (χ3v) is 3.25. The molecular weight excluding hydrogens is 228 g/mol. The van der Waals surface area contributed by atoms with Gasteiger partial charge in [-0.1, -0.05) is 24.6 Å². The molecule has 1 aliphatic heterocycles. The normalized spacial score (nSPS) is 26.5. The molecule has 18 heavy (non-hydrogen) atoms. The van der Waals surface area contributed by atoms with E-state index in [4.69, 9.17) is 9.47 Å². The van der Waals surface area contributed by atoms with Crippen LogP contribution in [0, 0.1) is 0 Å². The summed E-state index contributed by atoms with van der Waals surface area (Å²) in [6.45, 7) is 1.12. The molecule has 0 aliphatic carbocycles. The zero-order valence-electron chi connectivity index (χ0n) is 10.8. The van der Waals surface area contributed by atoms with E-state index in [1.54, 1.807) is 0 Å². The second-order valence-electron chi connectivity index (χ2n) is 4.85. The minimum Gasteiger partial charge on any atom is -0.490 e. The molecule has 1 N–H and O–H groups in total. The Balaban J connectivity index is 1.83. The van der Waals surface area contributed by atoms with Gasteiger partial charge in [0.15, 0.2) is 0 Å². The molecule has 1 saturated heterocycles. The second kappa shape index (κ2) is 7.39. The number of ether oxygens (including phenoxy) is 2. The van der Waals surface area contributed by atoms with Crippen molar-refractivity contribution >= 4 is 0 Å². The number of hydrogen-bond donors (Lipinski definition) is 1. The van der Waals surface area contributed by atoms with E-state index in [2.05, 4.69) is 0 Å². The Bertz CT molecular complexity index is 314. The molecule has 0 amide bonds. The van der Waals surface area contributed by atoms with Crippen LogP contribution < -0.4 is 4.74 Å². The van der Waals surface area contributed by atoms with Crippen molar-refractivity contribution in [3.05, 3.63) is 30.3 Å². The van der Waals surface area contributed by atoms with Gasteiger partial charge in [-0.25, -0.2) is 0 Å². The molecule has 1 aromatic rings. The summed E-state index contributed by atoms with van der Waals surface area (Å²) in [6, 6.07) is 9.95. The van der Waals surface area contributed by atoms with Crippen molar-refractivity contribution in [1.29, 1.82) is 0 Å². The van der Waals surface area contributed by atoms with E-state index in [1.165, 1.54) is 0 Å². The summed E-state index contributed by atoms with van der Waals surface area (Å²) >= 11 is 0. The summed E-state index contributed by atoms with van der Waals surface area (Å²) in [5, 5.41) is 9.58. The second-order valence-corrected chi connectivity index (χ2v) is 4.85. The molecule has 2 unspecified atom stereocenters. The summed E-state index contributed by atoms with van der Waals surface area (Å²) in [6.07, 6.45) is 4.83. The Kier molecular flexibility index (Phi) is 5.49. The zero-order chi connectivity index (χ0) is 12.6. The van der Waals surface area contributed by atoms with Gasteiger partial charge in [-0.05, 0) is 31.4 Å². The minimum atomic E-state index is -0.295. The van der Waals surface area contributed by atoms with Crippen LogP contribution in [0.1, 0.15) is 32.1 Å². The first-order valence-electron chi connectivity index (χ1n) is 6.82. The van der Waals surface area contributed by atoms with Crippen LogP contribution in [-0.2, 0) is 4.74 Å². The van der Waals surface area contributed by atoms with Crippen LogP contribution in [0.15, 0.2) is 30.3 Å². The van der Waals surface area contributed by atoms with Gasteiger partial charge >= 0.3 is 0 Å². The molecule has 1 heterocycles. The lowest BCUT2D eigenvalue weighted by molar-refractivity contribution is 0.0128.